The van der Waals surface area contributed by atoms with Crippen molar-refractivity contribution in [3.8, 4) is 17.0 Å². The molecule has 30 heavy (non-hydrogen) atoms. The van der Waals surface area contributed by atoms with E-state index in [9.17, 15) is 17.6 Å². The van der Waals surface area contributed by atoms with Crippen LogP contribution in [0.4, 0.5) is 23.4 Å². The van der Waals surface area contributed by atoms with Crippen molar-refractivity contribution in [1.29, 1.82) is 0 Å². The van der Waals surface area contributed by atoms with Crippen LogP contribution in [0.1, 0.15) is 24.7 Å². The summed E-state index contributed by atoms with van der Waals surface area (Å²) in [5.74, 6) is 1.69. The minimum Gasteiger partial charge on any atom is -0.402 e. The number of rotatable bonds is 7. The number of pyridine rings is 1. The molecule has 1 saturated heterocycles. The summed E-state index contributed by atoms with van der Waals surface area (Å²) in [5.41, 5.74) is 6.55. The normalized spacial score (nSPS) is 26.1. The van der Waals surface area contributed by atoms with Gasteiger partial charge in [0.2, 0.25) is 0 Å². The Kier molecular flexibility index (Phi) is 4.64. The third kappa shape index (κ3) is 3.84. The van der Waals surface area contributed by atoms with Crippen molar-refractivity contribution >= 4 is 5.82 Å². The molecule has 3 fully saturated rings. The first-order valence-electron chi connectivity index (χ1n) is 10.2. The van der Waals surface area contributed by atoms with Gasteiger partial charge in [-0.25, -0.2) is 14.4 Å². The van der Waals surface area contributed by atoms with E-state index in [0.717, 1.165) is 25.3 Å². The highest BCUT2D eigenvalue weighted by Crippen LogP contribution is 2.56. The van der Waals surface area contributed by atoms with Gasteiger partial charge in [-0.2, -0.15) is 0 Å². The van der Waals surface area contributed by atoms with Crippen molar-refractivity contribution in [1.82, 2.24) is 19.4 Å². The number of likely N-dealkylation sites (tertiary alicyclic amines) is 1. The average molecular weight is 425 g/mol. The second kappa shape index (κ2) is 7.11. The maximum absolute atomic E-state index is 12.7. The summed E-state index contributed by atoms with van der Waals surface area (Å²) in [6.07, 6.45) is 1.70. The van der Waals surface area contributed by atoms with Crippen LogP contribution in [-0.2, 0) is 6.42 Å². The maximum Gasteiger partial charge on any atom is 0.573 e. The van der Waals surface area contributed by atoms with Crippen LogP contribution < -0.4 is 10.5 Å². The number of nitrogens with two attached hydrogens (primary N) is 1. The van der Waals surface area contributed by atoms with Gasteiger partial charge < -0.3 is 19.9 Å². The summed E-state index contributed by atoms with van der Waals surface area (Å²) >= 11 is 0. The van der Waals surface area contributed by atoms with Crippen LogP contribution in [0.25, 0.3) is 11.3 Å². The average Bonchev–Trinajstić information content (AvgIpc) is 3.51. The Labute approximate surface area is 171 Å². The number of nitrogens with zero attached hydrogens (tertiary/aromatic N) is 4. The third-order valence-electron chi connectivity index (χ3n) is 6.33. The van der Waals surface area contributed by atoms with E-state index in [1.54, 1.807) is 0 Å². The van der Waals surface area contributed by atoms with Crippen molar-refractivity contribution in [2.45, 2.75) is 31.7 Å². The van der Waals surface area contributed by atoms with Crippen LogP contribution in [0.2, 0.25) is 0 Å². The largest absolute Gasteiger partial charge is 0.573 e. The van der Waals surface area contributed by atoms with Crippen LogP contribution in [-0.4, -0.2) is 52.1 Å². The molecule has 3 aliphatic rings. The molecule has 2 aromatic heterocycles. The molecule has 162 valence electrons. The molecule has 2 saturated carbocycles. The quantitative estimate of drug-likeness (QED) is 0.689. The molecule has 2 N–H and O–H groups in total. The Bertz CT molecular complexity index is 930. The molecule has 10 heteroatoms. The van der Waals surface area contributed by atoms with Crippen molar-refractivity contribution in [3.63, 3.8) is 0 Å². The topological polar surface area (TPSA) is 69.2 Å². The zero-order valence-corrected chi connectivity index (χ0v) is 16.3. The molecule has 1 aliphatic heterocycles. The molecule has 0 aromatic carbocycles. The van der Waals surface area contributed by atoms with Crippen molar-refractivity contribution in [3.05, 3.63) is 24.3 Å². The molecule has 6 nitrogen and oxygen atoms in total. The summed E-state index contributed by atoms with van der Waals surface area (Å²) < 4.78 is 56.8. The van der Waals surface area contributed by atoms with Crippen LogP contribution in [0.5, 0.6) is 5.75 Å². The van der Waals surface area contributed by atoms with Crippen LogP contribution >= 0.6 is 0 Å². The molecule has 0 bridgehead atoms. The highest BCUT2D eigenvalue weighted by atomic mass is 19.4. The number of halogens is 4. The standard InChI is InChI=1S/C20H23F4N5O/c21-3-4-28-8-13-14(9-28)18(13)29-10-15(27-17(29)5-11-1-2-11)12-6-16(19(25)26-7-12)30-20(22,23)24/h6-7,10-11,13-14,18H,1-5,8-9H2,(H2,25,26). The third-order valence-corrected chi connectivity index (χ3v) is 6.33. The Morgan fingerprint density at radius 1 is 1.20 bits per heavy atom. The zero-order chi connectivity index (χ0) is 21.0. The number of nitrogen functional groups attached to an aromatic ring is 1. The predicted molar refractivity (Wildman–Crippen MR) is 101 cm³/mol. The molecule has 3 heterocycles. The van der Waals surface area contributed by atoms with Crippen LogP contribution in [0, 0.1) is 17.8 Å². The van der Waals surface area contributed by atoms with E-state index in [1.165, 1.54) is 25.1 Å². The first-order valence-corrected chi connectivity index (χ1v) is 10.2. The monoisotopic (exact) mass is 425 g/mol. The Morgan fingerprint density at radius 3 is 2.57 bits per heavy atom. The van der Waals surface area contributed by atoms with Crippen molar-refractivity contribution in [2.24, 2.45) is 17.8 Å². The van der Waals surface area contributed by atoms with Gasteiger partial charge in [0.1, 0.15) is 12.5 Å². The van der Waals surface area contributed by atoms with Crippen LogP contribution in [0.15, 0.2) is 18.5 Å². The van der Waals surface area contributed by atoms with Gasteiger partial charge in [0, 0.05) is 50.1 Å². The number of fused-ring (bicyclic) bond motifs is 1. The molecule has 2 aliphatic carbocycles. The zero-order valence-electron chi connectivity index (χ0n) is 16.3. The lowest BCUT2D eigenvalue weighted by molar-refractivity contribution is -0.274. The van der Waals surface area contributed by atoms with Crippen molar-refractivity contribution in [2.75, 3.05) is 32.0 Å². The summed E-state index contributed by atoms with van der Waals surface area (Å²) in [7, 11) is 0. The lowest BCUT2D eigenvalue weighted by Gasteiger charge is -2.18. The lowest BCUT2D eigenvalue weighted by atomic mass is 10.2. The summed E-state index contributed by atoms with van der Waals surface area (Å²) in [4.78, 5) is 10.8. The second-order valence-electron chi connectivity index (χ2n) is 8.52. The minimum atomic E-state index is -4.85. The van der Waals surface area contributed by atoms with E-state index in [1.807, 2.05) is 6.20 Å². The highest BCUT2D eigenvalue weighted by Gasteiger charge is 2.57. The second-order valence-corrected chi connectivity index (χ2v) is 8.52. The first-order chi connectivity index (χ1) is 14.3. The van der Waals surface area contributed by atoms with E-state index in [4.69, 9.17) is 10.7 Å². The molecule has 0 radical (unpaired) electrons. The smallest absolute Gasteiger partial charge is 0.402 e. The van der Waals surface area contributed by atoms with Crippen molar-refractivity contribution < 1.29 is 22.3 Å². The minimum absolute atomic E-state index is 0.321. The van der Waals surface area contributed by atoms with Gasteiger partial charge in [-0.15, -0.1) is 13.2 Å². The van der Waals surface area contributed by atoms with E-state index < -0.39 is 12.1 Å². The number of hydrogen-bond acceptors (Lipinski definition) is 5. The van der Waals surface area contributed by atoms with Gasteiger partial charge in [-0.1, -0.05) is 0 Å². The Balaban J connectivity index is 1.41. The predicted octanol–water partition coefficient (Wildman–Crippen LogP) is 3.45. The molecule has 0 spiro atoms. The van der Waals surface area contributed by atoms with Gasteiger partial charge in [0.25, 0.3) is 0 Å². The van der Waals surface area contributed by atoms with Gasteiger partial charge in [-0.3, -0.25) is 0 Å². The number of piperidine rings is 1. The number of imidazole rings is 1. The molecule has 2 atom stereocenters. The summed E-state index contributed by atoms with van der Waals surface area (Å²) in [5, 5.41) is 0. The molecule has 2 unspecified atom stereocenters. The summed E-state index contributed by atoms with van der Waals surface area (Å²) in [6, 6.07) is 1.56. The fraction of sp³-hybridized carbons (Fsp3) is 0.600. The Hall–Kier alpha value is -2.36. The molecular formula is C20H23F4N5O. The van der Waals surface area contributed by atoms with E-state index in [0.29, 0.717) is 41.6 Å². The first kappa shape index (κ1) is 19.6. The van der Waals surface area contributed by atoms with Gasteiger partial charge >= 0.3 is 6.36 Å². The molecule has 5 rings (SSSR count). The lowest BCUT2D eigenvalue weighted by Crippen LogP contribution is -2.27. The Morgan fingerprint density at radius 2 is 1.93 bits per heavy atom. The number of alkyl halides is 4. The number of aromatic nitrogens is 3. The van der Waals surface area contributed by atoms with Crippen LogP contribution in [0.3, 0.4) is 0 Å². The van der Waals surface area contributed by atoms with E-state index in [2.05, 4.69) is 19.2 Å². The van der Waals surface area contributed by atoms with E-state index in [-0.39, 0.29) is 12.5 Å². The van der Waals surface area contributed by atoms with Gasteiger partial charge in [0.05, 0.1) is 5.69 Å². The fourth-order valence-electron chi connectivity index (χ4n) is 4.66. The molecule has 2 aromatic rings. The molecule has 0 amide bonds. The van der Waals surface area contributed by atoms with Gasteiger partial charge in [0.15, 0.2) is 11.6 Å². The van der Waals surface area contributed by atoms with Gasteiger partial charge in [-0.05, 0) is 36.7 Å². The number of ether oxygens (including phenoxy) is 1. The number of anilines is 1. The number of hydrogen-bond donors (Lipinski definition) is 1. The molecular weight excluding hydrogens is 402 g/mol. The van der Waals surface area contributed by atoms with E-state index >= 15 is 0 Å². The summed E-state index contributed by atoms with van der Waals surface area (Å²) in [6.45, 7) is 1.90. The fourth-order valence-corrected chi connectivity index (χ4v) is 4.66. The SMILES string of the molecule is Nc1ncc(-c2cn(C3C4CN(CCF)CC43)c(CC3CC3)n2)cc1OC(F)(F)F. The highest BCUT2D eigenvalue weighted by molar-refractivity contribution is 5.64. The maximum atomic E-state index is 12.7.